The first-order valence-electron chi connectivity index (χ1n) is 12.1. The number of anilines is 2. The Kier molecular flexibility index (Phi) is 4.14. The molecule has 176 valence electrons. The van der Waals surface area contributed by atoms with Crippen molar-refractivity contribution in [1.82, 2.24) is 4.90 Å². The molecule has 2 N–H and O–H groups in total. The third-order valence-corrected chi connectivity index (χ3v) is 9.48. The summed E-state index contributed by atoms with van der Waals surface area (Å²) in [5.74, 6) is -1.19. The maximum absolute atomic E-state index is 14.4. The van der Waals surface area contributed by atoms with Crippen molar-refractivity contribution in [2.75, 3.05) is 17.2 Å². The molecule has 2 amide bonds. The summed E-state index contributed by atoms with van der Waals surface area (Å²) < 4.78 is 0. The number of ketones is 1. The number of hydrogen-bond donors (Lipinski definition) is 2. The normalized spacial score (nSPS) is 30.5. The summed E-state index contributed by atoms with van der Waals surface area (Å²) in [6.45, 7) is 4.67. The number of para-hydroxylation sites is 1. The maximum Gasteiger partial charge on any atom is 0.251 e. The van der Waals surface area contributed by atoms with Gasteiger partial charge in [0.2, 0.25) is 5.91 Å². The number of hydrogen-bond acceptors (Lipinski definition) is 5. The van der Waals surface area contributed by atoms with Crippen LogP contribution in [-0.4, -0.2) is 35.1 Å². The predicted molar refractivity (Wildman–Crippen MR) is 135 cm³/mol. The minimum atomic E-state index is -1.37. The molecule has 35 heavy (non-hydrogen) atoms. The second kappa shape index (κ2) is 6.89. The fraction of sp³-hybridized carbons (Fsp3) is 0.321. The Morgan fingerprint density at radius 2 is 1.86 bits per heavy atom. The lowest BCUT2D eigenvalue weighted by Gasteiger charge is -2.43. The van der Waals surface area contributed by atoms with Crippen LogP contribution >= 0.6 is 11.3 Å². The SMILES string of the molecule is Cc1cc(C)c2c(c1)[C@]1(C(=O)N2)N2CCC[C@H]2[C@@H](C(=O)c2cccs2)[C@@]12C(=O)Nc1ccccc12. The van der Waals surface area contributed by atoms with Gasteiger partial charge in [0.25, 0.3) is 5.91 Å². The van der Waals surface area contributed by atoms with Crippen molar-refractivity contribution in [1.29, 1.82) is 0 Å². The number of aryl methyl sites for hydroxylation is 2. The summed E-state index contributed by atoms with van der Waals surface area (Å²) in [6.07, 6.45) is 1.65. The van der Waals surface area contributed by atoms with Crippen molar-refractivity contribution < 1.29 is 14.4 Å². The molecule has 5 heterocycles. The van der Waals surface area contributed by atoms with Gasteiger partial charge in [-0.15, -0.1) is 11.3 Å². The Labute approximate surface area is 207 Å². The molecule has 0 bridgehead atoms. The van der Waals surface area contributed by atoms with Gasteiger partial charge in [0.15, 0.2) is 5.78 Å². The summed E-state index contributed by atoms with van der Waals surface area (Å²) in [5.41, 5.74) is 2.36. The number of Topliss-reactive ketones (excluding diaryl/α,β-unsaturated/α-hetero) is 1. The van der Waals surface area contributed by atoms with Crippen LogP contribution in [0.25, 0.3) is 0 Å². The molecule has 2 fully saturated rings. The Bertz CT molecular complexity index is 1450. The van der Waals surface area contributed by atoms with Crippen molar-refractivity contribution in [2.45, 2.75) is 43.7 Å². The van der Waals surface area contributed by atoms with Crippen molar-refractivity contribution in [2.24, 2.45) is 5.92 Å². The zero-order chi connectivity index (χ0) is 24.1. The summed E-state index contributed by atoms with van der Waals surface area (Å²) in [5, 5.41) is 8.15. The molecule has 4 aliphatic heterocycles. The van der Waals surface area contributed by atoms with Crippen LogP contribution in [0.5, 0.6) is 0 Å². The highest BCUT2D eigenvalue weighted by atomic mass is 32.1. The highest BCUT2D eigenvalue weighted by Crippen LogP contribution is 2.68. The molecule has 0 radical (unpaired) electrons. The van der Waals surface area contributed by atoms with E-state index in [0.717, 1.165) is 40.8 Å². The molecule has 3 aromatic rings. The van der Waals surface area contributed by atoms with E-state index in [-0.39, 0.29) is 23.6 Å². The first-order valence-corrected chi connectivity index (χ1v) is 13.0. The predicted octanol–water partition coefficient (Wildman–Crippen LogP) is 4.38. The van der Waals surface area contributed by atoms with Gasteiger partial charge in [-0.1, -0.05) is 42.0 Å². The van der Waals surface area contributed by atoms with Crippen LogP contribution in [0.15, 0.2) is 53.9 Å². The first kappa shape index (κ1) is 21.0. The minimum Gasteiger partial charge on any atom is -0.325 e. The van der Waals surface area contributed by atoms with E-state index in [1.165, 1.54) is 11.3 Å². The first-order chi connectivity index (χ1) is 16.9. The van der Waals surface area contributed by atoms with Gasteiger partial charge in [0, 0.05) is 23.0 Å². The van der Waals surface area contributed by atoms with E-state index in [9.17, 15) is 14.4 Å². The number of carbonyl (C=O) groups is 3. The molecular weight excluding hydrogens is 458 g/mol. The van der Waals surface area contributed by atoms with Gasteiger partial charge >= 0.3 is 0 Å². The van der Waals surface area contributed by atoms with Crippen LogP contribution in [0, 0.1) is 19.8 Å². The average molecular weight is 484 g/mol. The zero-order valence-corrected chi connectivity index (χ0v) is 20.4. The number of nitrogens with one attached hydrogen (secondary N) is 2. The van der Waals surface area contributed by atoms with Crippen molar-refractivity contribution in [3.05, 3.63) is 81.0 Å². The van der Waals surface area contributed by atoms with Crippen LogP contribution in [0.3, 0.4) is 0 Å². The molecule has 2 spiro atoms. The minimum absolute atomic E-state index is 0.0498. The molecule has 7 heteroatoms. The van der Waals surface area contributed by atoms with Gasteiger partial charge in [-0.3, -0.25) is 19.3 Å². The number of fused-ring (bicyclic) bond motifs is 7. The summed E-state index contributed by atoms with van der Waals surface area (Å²) in [4.78, 5) is 45.9. The second-order valence-corrected chi connectivity index (χ2v) is 11.1. The monoisotopic (exact) mass is 483 g/mol. The van der Waals surface area contributed by atoms with Crippen molar-refractivity contribution in [3.8, 4) is 0 Å². The molecule has 0 saturated carbocycles. The molecule has 4 aliphatic rings. The van der Waals surface area contributed by atoms with Gasteiger partial charge in [0.05, 0.1) is 10.8 Å². The highest BCUT2D eigenvalue weighted by Gasteiger charge is 2.81. The highest BCUT2D eigenvalue weighted by molar-refractivity contribution is 7.12. The Balaban J connectivity index is 1.63. The summed E-state index contributed by atoms with van der Waals surface area (Å²) >= 11 is 1.40. The molecular formula is C28H25N3O3S. The lowest BCUT2D eigenvalue weighted by molar-refractivity contribution is -0.137. The lowest BCUT2D eigenvalue weighted by Crippen LogP contribution is -2.62. The molecule has 1 aromatic heterocycles. The van der Waals surface area contributed by atoms with E-state index >= 15 is 0 Å². The summed E-state index contributed by atoms with van der Waals surface area (Å²) in [7, 11) is 0. The largest absolute Gasteiger partial charge is 0.325 e. The van der Waals surface area contributed by atoms with Crippen molar-refractivity contribution in [3.63, 3.8) is 0 Å². The van der Waals surface area contributed by atoms with E-state index in [1.54, 1.807) is 0 Å². The second-order valence-electron chi connectivity index (χ2n) is 10.2. The Hall–Kier alpha value is -3.29. The van der Waals surface area contributed by atoms with Gasteiger partial charge in [-0.05, 0) is 61.9 Å². The number of amides is 2. The van der Waals surface area contributed by atoms with Gasteiger partial charge in [0.1, 0.15) is 11.0 Å². The van der Waals surface area contributed by atoms with E-state index in [4.69, 9.17) is 0 Å². The quantitative estimate of drug-likeness (QED) is 0.531. The fourth-order valence-electron chi connectivity index (χ4n) is 7.61. The molecule has 0 aliphatic carbocycles. The van der Waals surface area contributed by atoms with Gasteiger partial charge in [-0.2, -0.15) is 0 Å². The van der Waals surface area contributed by atoms with Gasteiger partial charge in [-0.25, -0.2) is 0 Å². The van der Waals surface area contributed by atoms with Crippen LogP contribution in [0.2, 0.25) is 0 Å². The number of rotatable bonds is 2. The van der Waals surface area contributed by atoms with E-state index in [0.29, 0.717) is 17.1 Å². The number of nitrogens with zero attached hydrogens (tertiary/aromatic N) is 1. The van der Waals surface area contributed by atoms with Crippen LogP contribution in [0.4, 0.5) is 11.4 Å². The Morgan fingerprint density at radius 3 is 2.66 bits per heavy atom. The molecule has 7 rings (SSSR count). The maximum atomic E-state index is 14.4. The van der Waals surface area contributed by atoms with E-state index in [1.807, 2.05) is 61.7 Å². The van der Waals surface area contributed by atoms with Crippen LogP contribution in [0.1, 0.15) is 44.8 Å². The van der Waals surface area contributed by atoms with E-state index in [2.05, 4.69) is 21.6 Å². The smallest absolute Gasteiger partial charge is 0.251 e. The summed E-state index contributed by atoms with van der Waals surface area (Å²) in [6, 6.07) is 15.2. The van der Waals surface area contributed by atoms with E-state index < -0.39 is 16.9 Å². The third kappa shape index (κ3) is 2.27. The molecule has 4 atom stereocenters. The molecule has 6 nitrogen and oxygen atoms in total. The van der Waals surface area contributed by atoms with Crippen molar-refractivity contribution >= 4 is 40.3 Å². The zero-order valence-electron chi connectivity index (χ0n) is 19.6. The average Bonchev–Trinajstić information content (AvgIpc) is 3.62. The number of thiophene rings is 1. The topological polar surface area (TPSA) is 78.5 Å². The molecule has 0 unspecified atom stereocenters. The fourth-order valence-corrected chi connectivity index (χ4v) is 8.31. The molecule has 2 aromatic carbocycles. The van der Waals surface area contributed by atoms with Crippen LogP contribution in [-0.2, 0) is 20.5 Å². The van der Waals surface area contributed by atoms with Gasteiger partial charge < -0.3 is 10.6 Å². The molecule has 2 saturated heterocycles. The van der Waals surface area contributed by atoms with Crippen LogP contribution < -0.4 is 10.6 Å². The number of benzene rings is 2. The lowest BCUT2D eigenvalue weighted by atomic mass is 9.57. The number of carbonyl (C=O) groups excluding carboxylic acids is 3. The Morgan fingerprint density at radius 1 is 1.03 bits per heavy atom. The standard InChI is InChI=1S/C28H25N3O3S/c1-15-13-16(2)23-18(14-15)28(26(34)30-23)27(17-7-3-4-8-19(17)29-25(27)33)22(20-9-5-11-31(20)28)24(32)21-10-6-12-35-21/h3-4,6-8,10,12-14,20,22H,5,9,11H2,1-2H3,(H,29,33)(H,30,34)/t20-,22-,27-,28+/m0/s1. The third-order valence-electron chi connectivity index (χ3n) is 8.59.